The highest BCUT2D eigenvalue weighted by Crippen LogP contribution is 2.14. The number of aromatic nitrogens is 2. The quantitative estimate of drug-likeness (QED) is 0.767. The molecule has 0 aliphatic rings. The third-order valence-electron chi connectivity index (χ3n) is 3.29. The fraction of sp³-hybridized carbons (Fsp3) is 0.250. The van der Waals surface area contributed by atoms with Crippen molar-refractivity contribution in [3.63, 3.8) is 0 Å². The van der Waals surface area contributed by atoms with E-state index in [0.29, 0.717) is 17.1 Å². The Labute approximate surface area is 139 Å². The lowest BCUT2D eigenvalue weighted by atomic mass is 10.2. The fourth-order valence-electron chi connectivity index (χ4n) is 1.91. The summed E-state index contributed by atoms with van der Waals surface area (Å²) < 4.78 is 1.41. The van der Waals surface area contributed by atoms with E-state index in [-0.39, 0.29) is 17.5 Å². The number of anilines is 2. The SMILES string of the molecule is CC(C)C(=O)Nc1cc(C(=O)Nc2cccc(C(N)=O)c2)nn1C. The molecule has 0 saturated carbocycles. The van der Waals surface area contributed by atoms with E-state index in [1.807, 2.05) is 0 Å². The van der Waals surface area contributed by atoms with Crippen LogP contribution >= 0.6 is 0 Å². The summed E-state index contributed by atoms with van der Waals surface area (Å²) in [4.78, 5) is 35.2. The van der Waals surface area contributed by atoms with Gasteiger partial charge in [-0.05, 0) is 18.2 Å². The molecule has 0 radical (unpaired) electrons. The Morgan fingerprint density at radius 2 is 1.88 bits per heavy atom. The zero-order valence-electron chi connectivity index (χ0n) is 13.7. The first kappa shape index (κ1) is 17.2. The molecule has 0 saturated heterocycles. The van der Waals surface area contributed by atoms with E-state index in [9.17, 15) is 14.4 Å². The van der Waals surface area contributed by atoms with E-state index >= 15 is 0 Å². The van der Waals surface area contributed by atoms with Crippen molar-refractivity contribution in [2.45, 2.75) is 13.8 Å². The Hall–Kier alpha value is -3.16. The number of benzene rings is 1. The molecule has 2 aromatic rings. The maximum Gasteiger partial charge on any atom is 0.276 e. The molecule has 0 unspecified atom stereocenters. The summed E-state index contributed by atoms with van der Waals surface area (Å²) in [5, 5.41) is 9.40. The van der Waals surface area contributed by atoms with Crippen LogP contribution in [0.5, 0.6) is 0 Å². The number of aryl methyl sites for hydroxylation is 1. The number of hydrogen-bond donors (Lipinski definition) is 3. The molecule has 2 rings (SSSR count). The van der Waals surface area contributed by atoms with Crippen molar-refractivity contribution in [3.8, 4) is 0 Å². The number of nitrogens with one attached hydrogen (secondary N) is 2. The van der Waals surface area contributed by atoms with Gasteiger partial charge in [0, 0.05) is 30.3 Å². The predicted molar refractivity (Wildman–Crippen MR) is 89.6 cm³/mol. The zero-order chi connectivity index (χ0) is 17.9. The van der Waals surface area contributed by atoms with E-state index in [4.69, 9.17) is 5.73 Å². The lowest BCUT2D eigenvalue weighted by molar-refractivity contribution is -0.118. The van der Waals surface area contributed by atoms with Crippen molar-refractivity contribution in [2.24, 2.45) is 18.7 Å². The zero-order valence-corrected chi connectivity index (χ0v) is 13.7. The minimum absolute atomic E-state index is 0.140. The van der Waals surface area contributed by atoms with E-state index in [2.05, 4.69) is 15.7 Å². The Bertz CT molecular complexity index is 795. The van der Waals surface area contributed by atoms with Gasteiger partial charge in [-0.25, -0.2) is 0 Å². The first-order chi connectivity index (χ1) is 11.3. The highest BCUT2D eigenvalue weighted by molar-refractivity contribution is 6.04. The highest BCUT2D eigenvalue weighted by Gasteiger charge is 2.16. The number of amides is 3. The molecular weight excluding hydrogens is 310 g/mol. The normalized spacial score (nSPS) is 10.5. The third-order valence-corrected chi connectivity index (χ3v) is 3.29. The standard InChI is InChI=1S/C16H19N5O3/c1-9(2)15(23)19-13-8-12(20-21(13)3)16(24)18-11-6-4-5-10(7-11)14(17)22/h4-9H,1-3H3,(H2,17,22)(H,18,24)(H,19,23). The van der Waals surface area contributed by atoms with Crippen molar-refractivity contribution in [1.82, 2.24) is 9.78 Å². The van der Waals surface area contributed by atoms with Gasteiger partial charge in [-0.3, -0.25) is 19.1 Å². The minimum atomic E-state index is -0.581. The Kier molecular flexibility index (Phi) is 4.98. The van der Waals surface area contributed by atoms with Crippen LogP contribution in [0.15, 0.2) is 30.3 Å². The summed E-state index contributed by atoms with van der Waals surface area (Å²) in [6.07, 6.45) is 0. The predicted octanol–water partition coefficient (Wildman–Crippen LogP) is 1.37. The lowest BCUT2D eigenvalue weighted by Crippen LogP contribution is -2.19. The molecule has 0 bridgehead atoms. The molecule has 8 heteroatoms. The second-order valence-electron chi connectivity index (χ2n) is 5.58. The maximum absolute atomic E-state index is 12.3. The van der Waals surface area contributed by atoms with Crippen LogP contribution in [0.3, 0.4) is 0 Å². The minimum Gasteiger partial charge on any atom is -0.366 e. The molecule has 0 fully saturated rings. The Morgan fingerprint density at radius 1 is 1.17 bits per heavy atom. The molecule has 1 heterocycles. The third kappa shape index (κ3) is 3.97. The summed E-state index contributed by atoms with van der Waals surface area (Å²) in [7, 11) is 1.63. The summed E-state index contributed by atoms with van der Waals surface area (Å²) in [5.74, 6) is -0.975. The van der Waals surface area contributed by atoms with Gasteiger partial charge in [-0.15, -0.1) is 0 Å². The molecule has 1 aromatic heterocycles. The largest absolute Gasteiger partial charge is 0.366 e. The monoisotopic (exact) mass is 329 g/mol. The van der Waals surface area contributed by atoms with Crippen LogP contribution in [-0.4, -0.2) is 27.5 Å². The summed E-state index contributed by atoms with van der Waals surface area (Å²) in [5.41, 5.74) is 6.07. The van der Waals surface area contributed by atoms with Crippen molar-refractivity contribution in [1.29, 1.82) is 0 Å². The number of hydrogen-bond acceptors (Lipinski definition) is 4. The number of rotatable bonds is 5. The Balaban J connectivity index is 2.14. The average Bonchev–Trinajstić information content (AvgIpc) is 2.88. The Morgan fingerprint density at radius 3 is 2.50 bits per heavy atom. The van der Waals surface area contributed by atoms with Crippen LogP contribution in [0, 0.1) is 5.92 Å². The summed E-state index contributed by atoms with van der Waals surface area (Å²) in [6, 6.07) is 7.76. The van der Waals surface area contributed by atoms with Gasteiger partial charge in [0.2, 0.25) is 11.8 Å². The number of carbonyl (C=O) groups excluding carboxylic acids is 3. The fourth-order valence-corrected chi connectivity index (χ4v) is 1.91. The number of nitrogens with zero attached hydrogens (tertiary/aromatic N) is 2. The van der Waals surface area contributed by atoms with Crippen molar-refractivity contribution in [3.05, 3.63) is 41.6 Å². The van der Waals surface area contributed by atoms with Crippen LogP contribution < -0.4 is 16.4 Å². The van der Waals surface area contributed by atoms with Gasteiger partial charge >= 0.3 is 0 Å². The highest BCUT2D eigenvalue weighted by atomic mass is 16.2. The molecule has 1 aromatic carbocycles. The van der Waals surface area contributed by atoms with Gasteiger partial charge in [-0.2, -0.15) is 5.10 Å². The van der Waals surface area contributed by atoms with Crippen LogP contribution in [0.1, 0.15) is 34.7 Å². The van der Waals surface area contributed by atoms with Crippen molar-refractivity contribution >= 4 is 29.2 Å². The van der Waals surface area contributed by atoms with Gasteiger partial charge in [0.15, 0.2) is 5.69 Å². The van der Waals surface area contributed by atoms with Crippen LogP contribution in [0.4, 0.5) is 11.5 Å². The average molecular weight is 329 g/mol. The van der Waals surface area contributed by atoms with Gasteiger partial charge in [0.05, 0.1) is 0 Å². The molecule has 0 aliphatic carbocycles. The molecule has 24 heavy (non-hydrogen) atoms. The first-order valence-electron chi connectivity index (χ1n) is 7.34. The molecule has 3 amide bonds. The smallest absolute Gasteiger partial charge is 0.276 e. The van der Waals surface area contributed by atoms with E-state index in [1.165, 1.54) is 16.8 Å². The molecule has 4 N–H and O–H groups in total. The van der Waals surface area contributed by atoms with E-state index < -0.39 is 11.8 Å². The van der Waals surface area contributed by atoms with Gasteiger partial charge in [0.25, 0.3) is 5.91 Å². The molecule has 8 nitrogen and oxygen atoms in total. The number of carbonyl (C=O) groups is 3. The molecule has 0 aliphatic heterocycles. The number of nitrogens with two attached hydrogens (primary N) is 1. The van der Waals surface area contributed by atoms with Crippen LogP contribution in [0.2, 0.25) is 0 Å². The van der Waals surface area contributed by atoms with Crippen LogP contribution in [-0.2, 0) is 11.8 Å². The van der Waals surface area contributed by atoms with E-state index in [1.54, 1.807) is 39.1 Å². The summed E-state index contributed by atoms with van der Waals surface area (Å²) >= 11 is 0. The summed E-state index contributed by atoms with van der Waals surface area (Å²) in [6.45, 7) is 3.54. The molecular formula is C16H19N5O3. The van der Waals surface area contributed by atoms with Gasteiger partial charge < -0.3 is 16.4 Å². The molecule has 0 atom stereocenters. The molecule has 0 spiro atoms. The maximum atomic E-state index is 12.3. The first-order valence-corrected chi connectivity index (χ1v) is 7.34. The van der Waals surface area contributed by atoms with Crippen molar-refractivity contribution in [2.75, 3.05) is 10.6 Å². The van der Waals surface area contributed by atoms with Gasteiger partial charge in [-0.1, -0.05) is 19.9 Å². The van der Waals surface area contributed by atoms with Crippen LogP contribution in [0.25, 0.3) is 0 Å². The lowest BCUT2D eigenvalue weighted by Gasteiger charge is -2.06. The number of primary amides is 1. The van der Waals surface area contributed by atoms with Gasteiger partial charge in [0.1, 0.15) is 5.82 Å². The van der Waals surface area contributed by atoms with E-state index in [0.717, 1.165) is 0 Å². The second-order valence-corrected chi connectivity index (χ2v) is 5.58. The molecule has 126 valence electrons. The van der Waals surface area contributed by atoms with Crippen molar-refractivity contribution < 1.29 is 14.4 Å². The second kappa shape index (κ2) is 6.95. The topological polar surface area (TPSA) is 119 Å².